The summed E-state index contributed by atoms with van der Waals surface area (Å²) in [5, 5.41) is 8.42. The Morgan fingerprint density at radius 3 is 2.56 bits per heavy atom. The molecule has 0 amide bonds. The lowest BCUT2D eigenvalue weighted by Crippen LogP contribution is -2.72. The van der Waals surface area contributed by atoms with Gasteiger partial charge in [-0.15, -0.1) is 10.2 Å². The molecule has 2 aliphatic rings. The van der Waals surface area contributed by atoms with E-state index in [9.17, 15) is 0 Å². The highest BCUT2D eigenvalue weighted by Gasteiger charge is 2.51. The van der Waals surface area contributed by atoms with Crippen LogP contribution in [0.25, 0.3) is 0 Å². The van der Waals surface area contributed by atoms with Crippen molar-refractivity contribution in [3.05, 3.63) is 17.3 Å². The van der Waals surface area contributed by atoms with Gasteiger partial charge in [-0.2, -0.15) is 0 Å². The third kappa shape index (κ3) is 1.57. The molecule has 2 saturated heterocycles. The van der Waals surface area contributed by atoms with Crippen LogP contribution in [-0.4, -0.2) is 47.8 Å². The van der Waals surface area contributed by atoms with E-state index in [1.807, 2.05) is 6.07 Å². The van der Waals surface area contributed by atoms with Crippen LogP contribution in [0.5, 0.6) is 0 Å². The molecule has 3 heterocycles. The van der Waals surface area contributed by atoms with Crippen molar-refractivity contribution >= 4 is 17.4 Å². The molecule has 2 aliphatic heterocycles. The first kappa shape index (κ1) is 10.3. The predicted molar refractivity (Wildman–Crippen MR) is 63.8 cm³/mol. The smallest absolute Gasteiger partial charge is 0.151 e. The van der Waals surface area contributed by atoms with Crippen LogP contribution in [0.4, 0.5) is 5.82 Å². The van der Waals surface area contributed by atoms with Crippen LogP contribution in [0.1, 0.15) is 6.92 Å². The average molecular weight is 239 g/mol. The summed E-state index contributed by atoms with van der Waals surface area (Å²) in [5.41, 5.74) is 0.539. The molecule has 3 rings (SSSR count). The second-order valence-corrected chi connectivity index (χ2v) is 5.26. The fourth-order valence-corrected chi connectivity index (χ4v) is 2.83. The van der Waals surface area contributed by atoms with Crippen LogP contribution in [-0.2, 0) is 0 Å². The molecule has 1 aromatic heterocycles. The van der Waals surface area contributed by atoms with Crippen molar-refractivity contribution in [2.75, 3.05) is 37.6 Å². The largest absolute Gasteiger partial charge is 0.354 e. The molecule has 2 fully saturated rings. The number of rotatable bonds is 2. The quantitative estimate of drug-likeness (QED) is 0.777. The van der Waals surface area contributed by atoms with E-state index in [1.54, 1.807) is 6.07 Å². The van der Waals surface area contributed by atoms with E-state index < -0.39 is 0 Å². The van der Waals surface area contributed by atoms with Crippen LogP contribution in [0, 0.1) is 5.41 Å². The van der Waals surface area contributed by atoms with Crippen LogP contribution < -0.4 is 4.90 Å². The molecular weight excluding hydrogens is 224 g/mol. The normalized spacial score (nSPS) is 23.0. The van der Waals surface area contributed by atoms with Crippen molar-refractivity contribution in [3.63, 3.8) is 0 Å². The summed E-state index contributed by atoms with van der Waals surface area (Å²) >= 11 is 5.71. The topological polar surface area (TPSA) is 32.3 Å². The number of nitrogens with zero attached hydrogens (tertiary/aromatic N) is 4. The Labute approximate surface area is 100 Å². The van der Waals surface area contributed by atoms with Crippen molar-refractivity contribution in [2.24, 2.45) is 5.41 Å². The zero-order valence-corrected chi connectivity index (χ0v) is 10.1. The van der Waals surface area contributed by atoms with Gasteiger partial charge in [0.2, 0.25) is 0 Å². The number of hydrogen-bond donors (Lipinski definition) is 0. The summed E-state index contributed by atoms with van der Waals surface area (Å²) in [5.74, 6) is 0.949. The van der Waals surface area contributed by atoms with E-state index in [0.717, 1.165) is 18.9 Å². The summed E-state index contributed by atoms with van der Waals surface area (Å²) in [6, 6.07) is 3.74. The molecular formula is C11H15ClN4. The molecule has 0 atom stereocenters. The van der Waals surface area contributed by atoms with Gasteiger partial charge in [0.05, 0.1) is 0 Å². The molecule has 0 aromatic carbocycles. The Balaban J connectivity index is 1.60. The van der Waals surface area contributed by atoms with E-state index in [4.69, 9.17) is 11.6 Å². The first-order valence-corrected chi connectivity index (χ1v) is 6.05. The zero-order valence-electron chi connectivity index (χ0n) is 9.36. The lowest BCUT2D eigenvalue weighted by atomic mass is 9.73. The monoisotopic (exact) mass is 238 g/mol. The molecule has 0 bridgehead atoms. The van der Waals surface area contributed by atoms with Crippen molar-refractivity contribution in [1.29, 1.82) is 0 Å². The maximum atomic E-state index is 5.71. The summed E-state index contributed by atoms with van der Waals surface area (Å²) in [6.45, 7) is 8.08. The summed E-state index contributed by atoms with van der Waals surface area (Å²) in [4.78, 5) is 4.75. The van der Waals surface area contributed by atoms with E-state index >= 15 is 0 Å². The number of aromatic nitrogens is 2. The van der Waals surface area contributed by atoms with Crippen molar-refractivity contribution in [1.82, 2.24) is 15.1 Å². The summed E-state index contributed by atoms with van der Waals surface area (Å²) in [7, 11) is 0. The van der Waals surface area contributed by atoms with Gasteiger partial charge in [-0.1, -0.05) is 18.5 Å². The fourth-order valence-electron chi connectivity index (χ4n) is 2.73. The first-order chi connectivity index (χ1) is 7.71. The maximum absolute atomic E-state index is 5.71. The maximum Gasteiger partial charge on any atom is 0.151 e. The van der Waals surface area contributed by atoms with Crippen LogP contribution in [0.15, 0.2) is 12.1 Å². The molecule has 1 aromatic rings. The molecule has 0 N–H and O–H groups in total. The minimum atomic E-state index is 0.458. The zero-order chi connectivity index (χ0) is 11.2. The van der Waals surface area contributed by atoms with Gasteiger partial charge < -0.3 is 9.80 Å². The number of anilines is 1. The van der Waals surface area contributed by atoms with Gasteiger partial charge in [0, 0.05) is 31.6 Å². The second kappa shape index (κ2) is 3.57. The van der Waals surface area contributed by atoms with Gasteiger partial charge in [0.15, 0.2) is 11.0 Å². The SMILES string of the molecule is CCN1CC2(C1)CN(c1ccc(Cl)nn1)C2. The molecule has 5 heteroatoms. The lowest BCUT2D eigenvalue weighted by molar-refractivity contribution is -0.0182. The molecule has 0 unspecified atom stereocenters. The molecule has 4 nitrogen and oxygen atoms in total. The molecule has 16 heavy (non-hydrogen) atoms. The van der Waals surface area contributed by atoms with Crippen LogP contribution in [0.2, 0.25) is 5.15 Å². The second-order valence-electron chi connectivity index (χ2n) is 4.87. The molecule has 0 saturated carbocycles. The van der Waals surface area contributed by atoms with Gasteiger partial charge >= 0.3 is 0 Å². The van der Waals surface area contributed by atoms with Crippen molar-refractivity contribution in [3.8, 4) is 0 Å². The Morgan fingerprint density at radius 1 is 1.25 bits per heavy atom. The van der Waals surface area contributed by atoms with Crippen LogP contribution >= 0.6 is 11.6 Å². The predicted octanol–water partition coefficient (Wildman–Crippen LogP) is 1.27. The molecule has 0 aliphatic carbocycles. The van der Waals surface area contributed by atoms with Gasteiger partial charge in [-0.3, -0.25) is 0 Å². The lowest BCUT2D eigenvalue weighted by Gasteiger charge is -2.60. The fraction of sp³-hybridized carbons (Fsp3) is 0.636. The van der Waals surface area contributed by atoms with E-state index in [0.29, 0.717) is 10.6 Å². The Kier molecular flexibility index (Phi) is 2.30. The first-order valence-electron chi connectivity index (χ1n) is 5.67. The highest BCUT2D eigenvalue weighted by molar-refractivity contribution is 6.29. The molecule has 0 radical (unpaired) electrons. The van der Waals surface area contributed by atoms with E-state index in [-0.39, 0.29) is 0 Å². The molecule has 86 valence electrons. The Morgan fingerprint density at radius 2 is 2.00 bits per heavy atom. The van der Waals surface area contributed by atoms with E-state index in [1.165, 1.54) is 19.6 Å². The van der Waals surface area contributed by atoms with Gasteiger partial charge in [-0.25, -0.2) is 0 Å². The Bertz CT molecular complexity index is 377. The van der Waals surface area contributed by atoms with Gasteiger partial charge in [-0.05, 0) is 18.7 Å². The number of halogens is 1. The Hall–Kier alpha value is -0.870. The third-order valence-corrected chi connectivity index (χ3v) is 3.76. The highest BCUT2D eigenvalue weighted by Crippen LogP contribution is 2.40. The van der Waals surface area contributed by atoms with Crippen LogP contribution in [0.3, 0.4) is 0 Å². The van der Waals surface area contributed by atoms with Gasteiger partial charge in [0.1, 0.15) is 0 Å². The summed E-state index contributed by atoms with van der Waals surface area (Å²) in [6.07, 6.45) is 0. The standard InChI is InChI=1S/C11H15ClN4/c1-2-15-5-11(6-15)7-16(8-11)10-4-3-9(12)13-14-10/h3-4H,2,5-8H2,1H3. The third-order valence-electron chi connectivity index (χ3n) is 3.56. The number of hydrogen-bond acceptors (Lipinski definition) is 4. The van der Waals surface area contributed by atoms with Gasteiger partial charge in [0.25, 0.3) is 0 Å². The summed E-state index contributed by atoms with van der Waals surface area (Å²) < 4.78 is 0. The molecule has 1 spiro atoms. The highest BCUT2D eigenvalue weighted by atomic mass is 35.5. The minimum absolute atomic E-state index is 0.458. The van der Waals surface area contributed by atoms with Crippen molar-refractivity contribution in [2.45, 2.75) is 6.92 Å². The number of likely N-dealkylation sites (tertiary alicyclic amines) is 1. The minimum Gasteiger partial charge on any atom is -0.354 e. The van der Waals surface area contributed by atoms with Crippen molar-refractivity contribution < 1.29 is 0 Å². The van der Waals surface area contributed by atoms with E-state index in [2.05, 4.69) is 26.9 Å². The average Bonchev–Trinajstić information content (AvgIpc) is 2.17.